The highest BCUT2D eigenvalue weighted by atomic mass is 35.5. The number of amides is 1. The maximum Gasteiger partial charge on any atom is 0.267 e. The number of primary amides is 1. The summed E-state index contributed by atoms with van der Waals surface area (Å²) < 4.78 is 12.0. The van der Waals surface area contributed by atoms with Gasteiger partial charge in [-0.15, -0.1) is 12.4 Å². The highest BCUT2D eigenvalue weighted by Crippen LogP contribution is 2.52. The molecule has 3 heterocycles. The monoisotopic (exact) mass is 395 g/mol. The molecule has 0 aromatic carbocycles. The largest absolute Gasteiger partial charge is 0.380 e. The first-order chi connectivity index (χ1) is 12.6. The van der Waals surface area contributed by atoms with Gasteiger partial charge in [-0.2, -0.15) is 0 Å². The van der Waals surface area contributed by atoms with Crippen molar-refractivity contribution in [3.8, 4) is 0 Å². The third-order valence-electron chi connectivity index (χ3n) is 6.68. The molecule has 27 heavy (non-hydrogen) atoms. The molecule has 3 atom stereocenters. The molecule has 4 rings (SSSR count). The van der Waals surface area contributed by atoms with Gasteiger partial charge < -0.3 is 15.2 Å². The molecule has 3 aliphatic rings. The highest BCUT2D eigenvalue weighted by Gasteiger charge is 2.54. The SMILES string of the molecule is COC1(c2ccnc(C(N)=O)c2)C2CCCC1CN([C@H]1CCCOC1)C2.Cl. The minimum absolute atomic E-state index is 0. The number of methoxy groups -OCH3 is 1. The average Bonchev–Trinajstić information content (AvgIpc) is 2.67. The van der Waals surface area contributed by atoms with E-state index in [4.69, 9.17) is 15.2 Å². The van der Waals surface area contributed by atoms with Crippen molar-refractivity contribution in [2.24, 2.45) is 17.6 Å². The van der Waals surface area contributed by atoms with Crippen LogP contribution in [0.1, 0.15) is 48.2 Å². The first kappa shape index (κ1) is 20.5. The summed E-state index contributed by atoms with van der Waals surface area (Å²) in [5, 5.41) is 0. The Balaban J connectivity index is 0.00000210. The van der Waals surface area contributed by atoms with E-state index >= 15 is 0 Å². The predicted octanol–water partition coefficient (Wildman–Crippen LogP) is 2.35. The number of likely N-dealkylation sites (tertiary alicyclic amines) is 1. The lowest BCUT2D eigenvalue weighted by molar-refractivity contribution is -0.179. The van der Waals surface area contributed by atoms with Crippen LogP contribution in [0.15, 0.2) is 18.3 Å². The van der Waals surface area contributed by atoms with Crippen molar-refractivity contribution < 1.29 is 14.3 Å². The second kappa shape index (κ2) is 8.43. The molecule has 2 bridgehead atoms. The molecule has 3 fully saturated rings. The highest BCUT2D eigenvalue weighted by molar-refractivity contribution is 5.90. The Kier molecular flexibility index (Phi) is 6.41. The Morgan fingerprint density at radius 2 is 2.04 bits per heavy atom. The van der Waals surface area contributed by atoms with E-state index in [9.17, 15) is 4.79 Å². The maximum atomic E-state index is 11.6. The number of piperidine rings is 1. The van der Waals surface area contributed by atoms with E-state index < -0.39 is 5.91 Å². The normalized spacial score (nSPS) is 33.9. The van der Waals surface area contributed by atoms with E-state index in [1.165, 1.54) is 12.8 Å². The van der Waals surface area contributed by atoms with Gasteiger partial charge in [-0.1, -0.05) is 6.42 Å². The Labute approximate surface area is 167 Å². The fourth-order valence-corrected chi connectivity index (χ4v) is 5.51. The van der Waals surface area contributed by atoms with Gasteiger partial charge in [-0.05, 0) is 43.4 Å². The topological polar surface area (TPSA) is 77.7 Å². The Bertz CT molecular complexity index is 652. The van der Waals surface area contributed by atoms with Crippen molar-refractivity contribution in [2.75, 3.05) is 33.4 Å². The molecule has 1 saturated carbocycles. The lowest BCUT2D eigenvalue weighted by Crippen LogP contribution is -2.61. The number of halogens is 1. The molecule has 150 valence electrons. The quantitative estimate of drug-likeness (QED) is 0.846. The summed E-state index contributed by atoms with van der Waals surface area (Å²) in [6.07, 6.45) is 7.58. The second-order valence-electron chi connectivity index (χ2n) is 7.94. The summed E-state index contributed by atoms with van der Waals surface area (Å²) in [6.45, 7) is 3.78. The standard InChI is InChI=1S/C20H29N3O3.ClH/c1-25-20(14-7-8-22-18(10-14)19(21)24)15-4-2-5-16(20)12-23(11-15)17-6-3-9-26-13-17;/h7-8,10,15-17H,2-6,9,11-13H2,1H3,(H2,21,24);1H/t15?,16?,17-,20?;/m0./s1. The van der Waals surface area contributed by atoms with E-state index in [-0.39, 0.29) is 18.0 Å². The molecule has 1 aromatic rings. The summed E-state index contributed by atoms with van der Waals surface area (Å²) >= 11 is 0. The van der Waals surface area contributed by atoms with Crippen molar-refractivity contribution in [1.82, 2.24) is 9.88 Å². The minimum Gasteiger partial charge on any atom is -0.380 e. The number of carbonyl (C=O) groups excluding carboxylic acids is 1. The van der Waals surface area contributed by atoms with Gasteiger partial charge in [-0.25, -0.2) is 0 Å². The van der Waals surface area contributed by atoms with Gasteiger partial charge >= 0.3 is 0 Å². The number of pyridine rings is 1. The number of hydrogen-bond donors (Lipinski definition) is 1. The van der Waals surface area contributed by atoms with E-state index in [1.54, 1.807) is 6.20 Å². The zero-order valence-electron chi connectivity index (χ0n) is 15.9. The van der Waals surface area contributed by atoms with Crippen LogP contribution < -0.4 is 5.73 Å². The molecule has 2 N–H and O–H groups in total. The van der Waals surface area contributed by atoms with Crippen molar-refractivity contribution in [1.29, 1.82) is 0 Å². The zero-order chi connectivity index (χ0) is 18.1. The van der Waals surface area contributed by atoms with Crippen LogP contribution in [-0.4, -0.2) is 55.2 Å². The number of nitrogens with zero attached hydrogens (tertiary/aromatic N) is 2. The lowest BCUT2D eigenvalue weighted by Gasteiger charge is -2.57. The van der Waals surface area contributed by atoms with Gasteiger partial charge in [0.15, 0.2) is 0 Å². The lowest BCUT2D eigenvalue weighted by atomic mass is 9.62. The molecule has 2 unspecified atom stereocenters. The summed E-state index contributed by atoms with van der Waals surface area (Å²) in [7, 11) is 1.81. The van der Waals surface area contributed by atoms with Gasteiger partial charge in [0.05, 0.1) is 6.61 Å². The number of ether oxygens (including phenoxy) is 2. The summed E-state index contributed by atoms with van der Waals surface area (Å²) in [4.78, 5) is 18.4. The first-order valence-corrected chi connectivity index (χ1v) is 9.78. The number of fused-ring (bicyclic) bond motifs is 2. The van der Waals surface area contributed by atoms with Crippen LogP contribution >= 0.6 is 12.4 Å². The molecule has 2 saturated heterocycles. The molecule has 1 amide bonds. The smallest absolute Gasteiger partial charge is 0.267 e. The van der Waals surface area contributed by atoms with E-state index in [1.807, 2.05) is 19.2 Å². The van der Waals surface area contributed by atoms with Crippen LogP contribution in [0.25, 0.3) is 0 Å². The van der Waals surface area contributed by atoms with Crippen molar-refractivity contribution in [3.05, 3.63) is 29.6 Å². The molecule has 7 heteroatoms. The molecule has 2 aliphatic heterocycles. The second-order valence-corrected chi connectivity index (χ2v) is 7.94. The third-order valence-corrected chi connectivity index (χ3v) is 6.68. The zero-order valence-corrected chi connectivity index (χ0v) is 16.7. The number of aromatic nitrogens is 1. The van der Waals surface area contributed by atoms with Crippen molar-refractivity contribution in [3.63, 3.8) is 0 Å². The number of rotatable bonds is 4. The summed E-state index contributed by atoms with van der Waals surface area (Å²) in [5.74, 6) is 0.329. The molecule has 1 aromatic heterocycles. The van der Waals surface area contributed by atoms with Gasteiger partial charge in [0.25, 0.3) is 5.91 Å². The molecule has 1 aliphatic carbocycles. The molecular weight excluding hydrogens is 366 g/mol. The van der Waals surface area contributed by atoms with Gasteiger partial charge in [0.2, 0.25) is 0 Å². The van der Waals surface area contributed by atoms with Gasteiger partial charge in [-0.3, -0.25) is 14.7 Å². The fourth-order valence-electron chi connectivity index (χ4n) is 5.51. The Morgan fingerprint density at radius 3 is 2.63 bits per heavy atom. The van der Waals surface area contributed by atoms with Crippen LogP contribution in [0.5, 0.6) is 0 Å². The predicted molar refractivity (Wildman–Crippen MR) is 105 cm³/mol. The number of hydrogen-bond acceptors (Lipinski definition) is 5. The summed E-state index contributed by atoms with van der Waals surface area (Å²) in [6, 6.07) is 4.37. The van der Waals surface area contributed by atoms with Crippen LogP contribution in [0.3, 0.4) is 0 Å². The summed E-state index contributed by atoms with van der Waals surface area (Å²) in [5.41, 5.74) is 6.49. The van der Waals surface area contributed by atoms with Crippen LogP contribution in [0, 0.1) is 11.8 Å². The molecule has 6 nitrogen and oxygen atoms in total. The number of nitrogens with two attached hydrogens (primary N) is 1. The Hall–Kier alpha value is -1.21. The van der Waals surface area contributed by atoms with Crippen LogP contribution in [0.4, 0.5) is 0 Å². The molecule has 0 spiro atoms. The third kappa shape index (κ3) is 3.60. The van der Waals surface area contributed by atoms with E-state index in [2.05, 4.69) is 9.88 Å². The minimum atomic E-state index is -0.486. The van der Waals surface area contributed by atoms with Gasteiger partial charge in [0.1, 0.15) is 11.3 Å². The van der Waals surface area contributed by atoms with Crippen LogP contribution in [-0.2, 0) is 15.1 Å². The van der Waals surface area contributed by atoms with E-state index in [0.29, 0.717) is 23.6 Å². The molecule has 0 radical (unpaired) electrons. The van der Waals surface area contributed by atoms with Crippen LogP contribution in [0.2, 0.25) is 0 Å². The van der Waals surface area contributed by atoms with Crippen molar-refractivity contribution in [2.45, 2.75) is 43.7 Å². The molecular formula is C20H30ClN3O3. The average molecular weight is 396 g/mol. The number of carbonyl (C=O) groups is 1. The fraction of sp³-hybridized carbons (Fsp3) is 0.700. The van der Waals surface area contributed by atoms with Crippen molar-refractivity contribution >= 4 is 18.3 Å². The Morgan fingerprint density at radius 1 is 1.30 bits per heavy atom. The maximum absolute atomic E-state index is 11.6. The van der Waals surface area contributed by atoms with Gasteiger partial charge in [0, 0.05) is 50.9 Å². The van der Waals surface area contributed by atoms with E-state index in [0.717, 1.165) is 51.1 Å². The first-order valence-electron chi connectivity index (χ1n) is 9.78.